The molecule has 0 fully saturated rings. The van der Waals surface area contributed by atoms with Gasteiger partial charge in [-0.2, -0.15) is 0 Å². The van der Waals surface area contributed by atoms with Gasteiger partial charge in [0.1, 0.15) is 23.4 Å². The van der Waals surface area contributed by atoms with Crippen molar-refractivity contribution < 1.29 is 23.9 Å². The monoisotopic (exact) mass is 609 g/mol. The molecule has 8 nitrogen and oxygen atoms in total. The summed E-state index contributed by atoms with van der Waals surface area (Å²) in [5, 5.41) is 5.89. The second-order valence-electron chi connectivity index (χ2n) is 13.1. The molecule has 0 aliphatic carbocycles. The summed E-state index contributed by atoms with van der Waals surface area (Å²) in [6, 6.07) is 11.3. The lowest BCUT2D eigenvalue weighted by atomic mass is 9.92. The van der Waals surface area contributed by atoms with Crippen LogP contribution in [0.1, 0.15) is 109 Å². The predicted octanol–water partition coefficient (Wildman–Crippen LogP) is 8.12. The first-order valence-electron chi connectivity index (χ1n) is 16.1. The second-order valence-corrected chi connectivity index (χ2v) is 13.1. The summed E-state index contributed by atoms with van der Waals surface area (Å²) in [5.41, 5.74) is 2.51. The van der Waals surface area contributed by atoms with Crippen LogP contribution < -0.4 is 15.4 Å². The molecule has 2 atom stereocenters. The topological polar surface area (TPSA) is 97.0 Å². The lowest BCUT2D eigenvalue weighted by molar-refractivity contribution is -0.141. The maximum atomic E-state index is 14.6. The van der Waals surface area contributed by atoms with Gasteiger partial charge in [0.05, 0.1) is 7.11 Å². The molecule has 0 saturated heterocycles. The largest absolute Gasteiger partial charge is 0.497 e. The molecule has 0 aromatic heterocycles. The second kappa shape index (κ2) is 17.7. The van der Waals surface area contributed by atoms with E-state index in [1.165, 1.54) is 6.42 Å². The van der Waals surface area contributed by atoms with E-state index in [4.69, 9.17) is 9.47 Å². The number of methoxy groups -OCH3 is 1. The molecule has 2 N–H and O–H groups in total. The Morgan fingerprint density at radius 2 is 1.48 bits per heavy atom. The number of amides is 3. The van der Waals surface area contributed by atoms with Crippen molar-refractivity contribution in [2.75, 3.05) is 19.0 Å². The normalized spacial score (nSPS) is 12.8. The molecule has 0 heterocycles. The minimum absolute atomic E-state index is 0.113. The van der Waals surface area contributed by atoms with E-state index in [0.29, 0.717) is 24.4 Å². The van der Waals surface area contributed by atoms with Crippen molar-refractivity contribution in [1.29, 1.82) is 0 Å². The molecular weight excluding hydrogens is 554 g/mol. The Morgan fingerprint density at radius 3 is 2.02 bits per heavy atom. The first-order chi connectivity index (χ1) is 20.8. The third-order valence-corrected chi connectivity index (χ3v) is 7.46. The maximum Gasteiger partial charge on any atom is 0.408 e. The van der Waals surface area contributed by atoms with Crippen molar-refractivity contribution in [3.05, 3.63) is 59.2 Å². The van der Waals surface area contributed by atoms with Gasteiger partial charge in [-0.1, -0.05) is 71.1 Å². The van der Waals surface area contributed by atoms with Crippen molar-refractivity contribution in [3.8, 4) is 5.75 Å². The average Bonchev–Trinajstić information content (AvgIpc) is 2.93. The fourth-order valence-electron chi connectivity index (χ4n) is 5.34. The van der Waals surface area contributed by atoms with Crippen LogP contribution in [0.15, 0.2) is 42.5 Å². The van der Waals surface area contributed by atoms with Crippen molar-refractivity contribution in [1.82, 2.24) is 10.2 Å². The lowest BCUT2D eigenvalue weighted by Gasteiger charge is -2.36. The number of hydrogen-bond donors (Lipinski definition) is 2. The average molecular weight is 610 g/mol. The van der Waals surface area contributed by atoms with Crippen LogP contribution in [0.2, 0.25) is 0 Å². The molecule has 44 heavy (non-hydrogen) atoms. The number of anilines is 1. The van der Waals surface area contributed by atoms with Gasteiger partial charge in [0, 0.05) is 12.2 Å². The van der Waals surface area contributed by atoms with E-state index in [1.807, 2.05) is 45.9 Å². The number of unbranched alkanes of at least 4 members (excludes halogenated alkanes) is 5. The third-order valence-electron chi connectivity index (χ3n) is 7.46. The Labute approximate surface area is 265 Å². The number of ether oxygens (including phenoxy) is 2. The van der Waals surface area contributed by atoms with Crippen molar-refractivity contribution in [2.24, 2.45) is 5.92 Å². The van der Waals surface area contributed by atoms with Gasteiger partial charge in [-0.05, 0) is 94.3 Å². The van der Waals surface area contributed by atoms with E-state index in [1.54, 1.807) is 57.0 Å². The Hall–Kier alpha value is -3.55. The summed E-state index contributed by atoms with van der Waals surface area (Å²) in [4.78, 5) is 43.5. The van der Waals surface area contributed by atoms with Gasteiger partial charge < -0.3 is 25.0 Å². The molecule has 8 heteroatoms. The van der Waals surface area contributed by atoms with E-state index < -0.39 is 23.8 Å². The number of hydrogen-bond acceptors (Lipinski definition) is 5. The summed E-state index contributed by atoms with van der Waals surface area (Å²) in [5.74, 6) is 0.184. The van der Waals surface area contributed by atoms with Gasteiger partial charge in [0.15, 0.2) is 0 Å². The summed E-state index contributed by atoms with van der Waals surface area (Å²) >= 11 is 0. The predicted molar refractivity (Wildman–Crippen MR) is 178 cm³/mol. The van der Waals surface area contributed by atoms with Crippen molar-refractivity contribution >= 4 is 23.6 Å². The van der Waals surface area contributed by atoms with Gasteiger partial charge in [-0.25, -0.2) is 4.79 Å². The molecule has 0 aliphatic heterocycles. The number of carbonyl (C=O) groups excluding carboxylic acids is 3. The first-order valence-corrected chi connectivity index (χ1v) is 16.1. The summed E-state index contributed by atoms with van der Waals surface area (Å²) < 4.78 is 10.8. The van der Waals surface area contributed by atoms with Crippen LogP contribution in [0.5, 0.6) is 5.75 Å². The summed E-state index contributed by atoms with van der Waals surface area (Å²) in [6.07, 6.45) is 5.97. The number of benzene rings is 2. The maximum absolute atomic E-state index is 14.6. The van der Waals surface area contributed by atoms with Gasteiger partial charge >= 0.3 is 6.09 Å². The van der Waals surface area contributed by atoms with Crippen LogP contribution >= 0.6 is 0 Å². The molecule has 0 radical (unpaired) electrons. The van der Waals surface area contributed by atoms with Gasteiger partial charge in [-0.15, -0.1) is 0 Å². The molecule has 0 saturated carbocycles. The Kier molecular flexibility index (Phi) is 14.7. The minimum atomic E-state index is -0.906. The van der Waals surface area contributed by atoms with E-state index in [2.05, 4.69) is 17.6 Å². The highest BCUT2D eigenvalue weighted by molar-refractivity contribution is 5.99. The number of aryl methyl sites for hydroxylation is 2. The van der Waals surface area contributed by atoms with E-state index >= 15 is 0 Å². The van der Waals surface area contributed by atoms with Crippen LogP contribution in [-0.2, 0) is 14.3 Å². The van der Waals surface area contributed by atoms with Crippen LogP contribution in [0.3, 0.4) is 0 Å². The van der Waals surface area contributed by atoms with Crippen molar-refractivity contribution in [2.45, 2.75) is 118 Å². The highest BCUT2D eigenvalue weighted by Gasteiger charge is 2.37. The van der Waals surface area contributed by atoms with E-state index in [9.17, 15) is 14.4 Å². The first kappa shape index (κ1) is 36.6. The molecule has 2 aromatic rings. The van der Waals surface area contributed by atoms with Gasteiger partial charge in [0.2, 0.25) is 5.91 Å². The number of rotatable bonds is 16. The molecule has 3 amide bonds. The number of nitrogens with zero attached hydrogens (tertiary/aromatic N) is 1. The van der Waals surface area contributed by atoms with Crippen LogP contribution in [0.4, 0.5) is 10.5 Å². The van der Waals surface area contributed by atoms with Gasteiger partial charge in [-0.3, -0.25) is 9.59 Å². The molecule has 2 unspecified atom stereocenters. The summed E-state index contributed by atoms with van der Waals surface area (Å²) in [7, 11) is 1.59. The number of alkyl carbamates (subject to hydrolysis) is 1. The number of nitrogens with one attached hydrogen (secondary N) is 2. The fraction of sp³-hybridized carbons (Fsp3) is 0.583. The Morgan fingerprint density at radius 1 is 0.886 bits per heavy atom. The van der Waals surface area contributed by atoms with Crippen LogP contribution in [0.25, 0.3) is 0 Å². The van der Waals surface area contributed by atoms with Crippen molar-refractivity contribution in [3.63, 3.8) is 0 Å². The molecule has 0 spiro atoms. The standard InChI is InChI=1S/C36H55N3O5/c1-10-11-12-13-14-15-23-39(34(41)30(24-25(2)3)38-35(42)44-36(6,7)8)32(31-26(4)17-16-18-27(31)5)33(40)37-28-19-21-29(43-9)22-20-28/h16-22,25,30,32H,10-15,23-24H2,1-9H3,(H,37,40)(H,38,42). The zero-order valence-corrected chi connectivity index (χ0v) is 28.4. The smallest absolute Gasteiger partial charge is 0.408 e. The van der Waals surface area contributed by atoms with E-state index in [-0.39, 0.29) is 17.7 Å². The Bertz CT molecular complexity index is 1180. The molecule has 0 bridgehead atoms. The SMILES string of the molecule is CCCCCCCCN(C(=O)C(CC(C)C)NC(=O)OC(C)(C)C)C(C(=O)Nc1ccc(OC)cc1)c1c(C)cccc1C. The molecule has 2 aromatic carbocycles. The zero-order chi connectivity index (χ0) is 32.9. The highest BCUT2D eigenvalue weighted by atomic mass is 16.6. The van der Waals surface area contributed by atoms with Crippen LogP contribution in [0, 0.1) is 19.8 Å². The number of carbonyl (C=O) groups is 3. The highest BCUT2D eigenvalue weighted by Crippen LogP contribution is 2.31. The third kappa shape index (κ3) is 11.9. The Balaban J connectivity index is 2.57. The lowest BCUT2D eigenvalue weighted by Crippen LogP contribution is -2.53. The fourth-order valence-corrected chi connectivity index (χ4v) is 5.34. The van der Waals surface area contributed by atoms with E-state index in [0.717, 1.165) is 48.8 Å². The minimum Gasteiger partial charge on any atom is -0.497 e. The molecule has 244 valence electrons. The zero-order valence-electron chi connectivity index (χ0n) is 28.4. The molecular formula is C36H55N3O5. The molecule has 0 aliphatic rings. The summed E-state index contributed by atoms with van der Waals surface area (Å²) in [6.45, 7) is 15.9. The van der Waals surface area contributed by atoms with Gasteiger partial charge in [0.25, 0.3) is 5.91 Å². The molecule has 2 rings (SSSR count). The quantitative estimate of drug-likeness (QED) is 0.187. The van der Waals surface area contributed by atoms with Crippen LogP contribution in [-0.4, -0.2) is 48.1 Å².